The molecular weight excluding hydrogens is 256 g/mol. The van der Waals surface area contributed by atoms with Crippen molar-refractivity contribution in [2.24, 2.45) is 5.41 Å². The van der Waals surface area contributed by atoms with Gasteiger partial charge in [0.2, 0.25) is 0 Å². The zero-order chi connectivity index (χ0) is 14.3. The second-order valence-corrected chi connectivity index (χ2v) is 6.94. The van der Waals surface area contributed by atoms with Gasteiger partial charge in [0.1, 0.15) is 0 Å². The molecule has 0 aliphatic rings. The average molecular weight is 282 g/mol. The summed E-state index contributed by atoms with van der Waals surface area (Å²) >= 11 is 1.79. The van der Waals surface area contributed by atoms with Crippen LogP contribution in [-0.4, -0.2) is 28.2 Å². The summed E-state index contributed by atoms with van der Waals surface area (Å²) in [5.74, 6) is 0.907. The quantitative estimate of drug-likeness (QED) is 0.767. The van der Waals surface area contributed by atoms with Gasteiger partial charge in [-0.25, -0.2) is 0 Å². The normalized spacial score (nSPS) is 15.2. The molecule has 0 heterocycles. The summed E-state index contributed by atoms with van der Waals surface area (Å²) < 4.78 is 0. The van der Waals surface area contributed by atoms with E-state index in [-0.39, 0.29) is 11.9 Å². The van der Waals surface area contributed by atoms with Crippen LogP contribution in [0.15, 0.2) is 30.3 Å². The van der Waals surface area contributed by atoms with Crippen molar-refractivity contribution in [1.29, 1.82) is 0 Å². The summed E-state index contributed by atoms with van der Waals surface area (Å²) in [7, 11) is 0. The summed E-state index contributed by atoms with van der Waals surface area (Å²) in [5.41, 5.74) is 0.839. The molecule has 0 aliphatic carbocycles. The van der Waals surface area contributed by atoms with E-state index >= 15 is 0 Å². The van der Waals surface area contributed by atoms with Crippen LogP contribution >= 0.6 is 11.8 Å². The number of thioether (sulfide) groups is 1. The monoisotopic (exact) mass is 282 g/mol. The van der Waals surface area contributed by atoms with Gasteiger partial charge in [0, 0.05) is 16.4 Å². The van der Waals surface area contributed by atoms with Crippen molar-refractivity contribution in [1.82, 2.24) is 0 Å². The van der Waals surface area contributed by atoms with Crippen LogP contribution in [0.25, 0.3) is 0 Å². The van der Waals surface area contributed by atoms with E-state index in [2.05, 4.69) is 19.1 Å². The first-order valence-corrected chi connectivity index (χ1v) is 8.00. The van der Waals surface area contributed by atoms with Gasteiger partial charge in [0.05, 0.1) is 12.7 Å². The van der Waals surface area contributed by atoms with Gasteiger partial charge >= 0.3 is 0 Å². The molecule has 1 aromatic rings. The van der Waals surface area contributed by atoms with Gasteiger partial charge in [0.25, 0.3) is 0 Å². The highest BCUT2D eigenvalue weighted by Crippen LogP contribution is 2.32. The molecule has 19 heavy (non-hydrogen) atoms. The topological polar surface area (TPSA) is 40.5 Å². The zero-order valence-electron chi connectivity index (χ0n) is 12.2. The van der Waals surface area contributed by atoms with E-state index in [4.69, 9.17) is 0 Å². The summed E-state index contributed by atoms with van der Waals surface area (Å²) in [6.07, 6.45) is 1.54. The Morgan fingerprint density at radius 2 is 1.84 bits per heavy atom. The highest BCUT2D eigenvalue weighted by Gasteiger charge is 2.33. The number of aliphatic hydroxyl groups is 2. The van der Waals surface area contributed by atoms with Crippen molar-refractivity contribution in [3.05, 3.63) is 35.9 Å². The van der Waals surface area contributed by atoms with Crippen molar-refractivity contribution in [2.45, 2.75) is 50.7 Å². The first kappa shape index (κ1) is 16.5. The van der Waals surface area contributed by atoms with Gasteiger partial charge in [-0.3, -0.25) is 0 Å². The Morgan fingerprint density at radius 3 is 2.37 bits per heavy atom. The van der Waals surface area contributed by atoms with Gasteiger partial charge in [-0.15, -0.1) is 0 Å². The second kappa shape index (κ2) is 7.93. The fourth-order valence-corrected chi connectivity index (χ4v) is 3.54. The summed E-state index contributed by atoms with van der Waals surface area (Å²) in [6, 6.07) is 10.3. The van der Waals surface area contributed by atoms with Gasteiger partial charge in [0.15, 0.2) is 0 Å². The number of aliphatic hydroxyl groups excluding tert-OH is 2. The average Bonchev–Trinajstić information content (AvgIpc) is 2.43. The molecule has 2 N–H and O–H groups in total. The largest absolute Gasteiger partial charge is 0.396 e. The van der Waals surface area contributed by atoms with Crippen LogP contribution in [0.3, 0.4) is 0 Å². The van der Waals surface area contributed by atoms with Crippen molar-refractivity contribution < 1.29 is 10.2 Å². The number of benzene rings is 1. The van der Waals surface area contributed by atoms with Crippen LogP contribution in [0, 0.1) is 5.41 Å². The number of rotatable bonds is 8. The Morgan fingerprint density at radius 1 is 1.21 bits per heavy atom. The second-order valence-electron chi connectivity index (χ2n) is 5.72. The fraction of sp³-hybridized carbons (Fsp3) is 0.625. The van der Waals surface area contributed by atoms with Crippen LogP contribution in [0.4, 0.5) is 0 Å². The molecule has 0 bridgehead atoms. The molecule has 0 radical (unpaired) electrons. The molecule has 1 aromatic carbocycles. The minimum Gasteiger partial charge on any atom is -0.396 e. The van der Waals surface area contributed by atoms with Gasteiger partial charge in [-0.1, -0.05) is 57.5 Å². The highest BCUT2D eigenvalue weighted by molar-refractivity contribution is 7.99. The Bertz CT molecular complexity index is 351. The molecule has 3 heteroatoms. The molecule has 2 nitrogen and oxygen atoms in total. The van der Waals surface area contributed by atoms with E-state index in [0.717, 1.165) is 18.6 Å². The van der Waals surface area contributed by atoms with Crippen molar-refractivity contribution in [3.8, 4) is 0 Å². The molecule has 108 valence electrons. The lowest BCUT2D eigenvalue weighted by molar-refractivity contribution is 0.00563. The maximum Gasteiger partial charge on any atom is 0.0731 e. The third-order valence-corrected chi connectivity index (χ3v) is 4.86. The van der Waals surface area contributed by atoms with Crippen LogP contribution in [0.1, 0.15) is 39.2 Å². The Balaban J connectivity index is 2.62. The Hall–Kier alpha value is -0.510. The molecule has 0 fully saturated rings. The molecule has 0 unspecified atom stereocenters. The van der Waals surface area contributed by atoms with Gasteiger partial charge < -0.3 is 10.2 Å². The molecule has 0 saturated heterocycles. The fourth-order valence-electron chi connectivity index (χ4n) is 1.99. The molecule has 2 atom stereocenters. The van der Waals surface area contributed by atoms with E-state index < -0.39 is 11.5 Å². The van der Waals surface area contributed by atoms with Gasteiger partial charge in [-0.2, -0.15) is 11.8 Å². The summed E-state index contributed by atoms with van der Waals surface area (Å²) in [4.78, 5) is 0. The third-order valence-electron chi connectivity index (χ3n) is 3.44. The standard InChI is InChI=1S/C16H26O2S/c1-4-8-14(15(18)16(2,3)12-17)19-11-13-9-6-5-7-10-13/h5-7,9-10,14-15,17-18H,4,8,11-12H2,1-3H3/t14-,15-/m0/s1. The highest BCUT2D eigenvalue weighted by atomic mass is 32.2. The Labute approximate surface area is 121 Å². The molecule has 0 aliphatic heterocycles. The molecule has 0 spiro atoms. The number of hydrogen-bond donors (Lipinski definition) is 2. The van der Waals surface area contributed by atoms with E-state index in [9.17, 15) is 10.2 Å². The molecule has 0 saturated carbocycles. The van der Waals surface area contributed by atoms with E-state index in [1.165, 1.54) is 5.56 Å². The molecule has 0 amide bonds. The van der Waals surface area contributed by atoms with Crippen molar-refractivity contribution >= 4 is 11.8 Å². The summed E-state index contributed by atoms with van der Waals surface area (Å²) in [6.45, 7) is 5.99. The predicted octanol–water partition coefficient (Wildman–Crippen LogP) is 3.47. The zero-order valence-corrected chi connectivity index (χ0v) is 13.0. The van der Waals surface area contributed by atoms with Crippen molar-refractivity contribution in [2.75, 3.05) is 6.61 Å². The maximum atomic E-state index is 10.5. The predicted molar refractivity (Wildman–Crippen MR) is 83.3 cm³/mol. The molecular formula is C16H26O2S. The van der Waals surface area contributed by atoms with Crippen LogP contribution in [-0.2, 0) is 5.75 Å². The lowest BCUT2D eigenvalue weighted by Gasteiger charge is -2.34. The minimum atomic E-state index is -0.480. The maximum absolute atomic E-state index is 10.5. The van der Waals surface area contributed by atoms with E-state index in [1.54, 1.807) is 11.8 Å². The lowest BCUT2D eigenvalue weighted by Crippen LogP contribution is -2.40. The number of hydrogen-bond acceptors (Lipinski definition) is 3. The summed E-state index contributed by atoms with van der Waals surface area (Å²) in [5, 5.41) is 20.0. The SMILES string of the molecule is CCC[C@H](SCc1ccccc1)[C@H](O)C(C)(C)CO. The first-order valence-electron chi connectivity index (χ1n) is 6.95. The van der Waals surface area contributed by atoms with Gasteiger partial charge in [-0.05, 0) is 12.0 Å². The minimum absolute atomic E-state index is 0.0142. The van der Waals surface area contributed by atoms with Crippen LogP contribution in [0.5, 0.6) is 0 Å². The van der Waals surface area contributed by atoms with E-state index in [1.807, 2.05) is 32.0 Å². The Kier molecular flexibility index (Phi) is 6.90. The molecule has 1 rings (SSSR count). The van der Waals surface area contributed by atoms with Crippen LogP contribution < -0.4 is 0 Å². The van der Waals surface area contributed by atoms with E-state index in [0.29, 0.717) is 0 Å². The smallest absolute Gasteiger partial charge is 0.0731 e. The first-order chi connectivity index (χ1) is 9.01. The van der Waals surface area contributed by atoms with Crippen LogP contribution in [0.2, 0.25) is 0 Å². The lowest BCUT2D eigenvalue weighted by atomic mass is 9.84. The third kappa shape index (κ3) is 5.17. The molecule has 0 aromatic heterocycles. The van der Waals surface area contributed by atoms with Crippen molar-refractivity contribution in [3.63, 3.8) is 0 Å².